The van der Waals surface area contributed by atoms with Gasteiger partial charge in [0, 0.05) is 54.2 Å². The maximum Gasteiger partial charge on any atom is 3.00 e. The summed E-state index contributed by atoms with van der Waals surface area (Å²) >= 11 is 3.70. The Morgan fingerprint density at radius 2 is 1.26 bits per heavy atom. The molecule has 2 aromatic carbocycles. The van der Waals surface area contributed by atoms with Crippen molar-refractivity contribution in [3.05, 3.63) is 65.1 Å². The first kappa shape index (κ1) is 31.0. The molecule has 0 heterocycles. The van der Waals surface area contributed by atoms with Crippen LogP contribution in [-0.2, 0) is 27.9 Å². The van der Waals surface area contributed by atoms with Gasteiger partial charge in [0.2, 0.25) is 0 Å². The van der Waals surface area contributed by atoms with Gasteiger partial charge in [-0.3, -0.25) is 14.2 Å². The van der Waals surface area contributed by atoms with Crippen molar-refractivity contribution in [3.63, 3.8) is 0 Å². The van der Waals surface area contributed by atoms with Gasteiger partial charge < -0.3 is 15.6 Å². The molecule has 0 fully saturated rings. The summed E-state index contributed by atoms with van der Waals surface area (Å²) in [6, 6.07) is 13.6. The molecule has 6 nitrogen and oxygen atoms in total. The van der Waals surface area contributed by atoms with Gasteiger partial charge in [0.1, 0.15) is 0 Å². The molecule has 2 rings (SSSR count). The average Bonchev–Trinajstić information content (AvgIpc) is 2.65. The largest absolute Gasteiger partial charge is 3.00 e. The molecule has 0 bridgehead atoms. The summed E-state index contributed by atoms with van der Waals surface area (Å²) in [4.78, 5) is 8.71. The van der Waals surface area contributed by atoms with E-state index in [0.717, 1.165) is 0 Å². The third kappa shape index (κ3) is 16.2. The fourth-order valence-corrected chi connectivity index (χ4v) is 2.01. The summed E-state index contributed by atoms with van der Waals surface area (Å²) in [5, 5.41) is 31.6. The quantitative estimate of drug-likeness (QED) is 0.346. The molecule has 0 saturated carbocycles. The van der Waals surface area contributed by atoms with Gasteiger partial charge in [0.25, 0.3) is 0 Å². The van der Waals surface area contributed by atoms with E-state index in [2.05, 4.69) is 22.2 Å². The molecule has 0 amide bonds. The Bertz CT molecular complexity index is 834. The molecule has 0 atom stereocenters. The van der Waals surface area contributed by atoms with Crippen molar-refractivity contribution in [1.29, 1.82) is 0 Å². The third-order valence-corrected chi connectivity index (χ3v) is 3.34. The van der Waals surface area contributed by atoms with Crippen LogP contribution in [0, 0.1) is 5.41 Å². The fourth-order valence-electron chi connectivity index (χ4n) is 2.01. The van der Waals surface area contributed by atoms with Gasteiger partial charge >= 0.3 is 17.1 Å². The number of nitrogens with zero attached hydrogens (tertiary/aromatic N) is 3. The van der Waals surface area contributed by atoms with Crippen LogP contribution >= 0.6 is 12.2 Å². The van der Waals surface area contributed by atoms with Crippen LogP contribution < -0.4 is 10.2 Å². The zero-order chi connectivity index (χ0) is 23.0. The second kappa shape index (κ2) is 17.5. The number of hydrogen-bond acceptors (Lipinski definition) is 6. The zero-order valence-electron chi connectivity index (χ0n) is 17.9. The number of benzene rings is 2. The summed E-state index contributed by atoms with van der Waals surface area (Å²) in [6.07, 6.45) is 6.50. The Morgan fingerprint density at radius 3 is 1.55 bits per heavy atom. The van der Waals surface area contributed by atoms with Crippen LogP contribution in [0.25, 0.3) is 5.41 Å². The number of thiocarbonyl (C=S) groups is 1. The monoisotopic (exact) mass is 499 g/mol. The summed E-state index contributed by atoms with van der Waals surface area (Å²) in [5.41, 5.74) is 1.03. The predicted octanol–water partition coefficient (Wildman–Crippen LogP) is 3.05. The van der Waals surface area contributed by atoms with Gasteiger partial charge in [-0.15, -0.1) is 11.5 Å². The van der Waals surface area contributed by atoms with Crippen LogP contribution in [0.1, 0.15) is 25.0 Å². The van der Waals surface area contributed by atoms with E-state index >= 15 is 0 Å². The second-order valence-corrected chi connectivity index (χ2v) is 8.68. The van der Waals surface area contributed by atoms with Gasteiger partial charge in [0.15, 0.2) is 0 Å². The van der Waals surface area contributed by atoms with Gasteiger partial charge in [0.05, 0.1) is 0 Å². The Morgan fingerprint density at radius 1 is 0.968 bits per heavy atom. The van der Waals surface area contributed by atoms with Crippen LogP contribution in [0.3, 0.4) is 0 Å². The zero-order valence-corrected chi connectivity index (χ0v) is 20.8. The van der Waals surface area contributed by atoms with E-state index < -0.39 is 10.8 Å². The number of isothiocyanates is 1. The molecule has 0 spiro atoms. The fraction of sp³-hybridized carbons (Fsp3) is 0.318. The van der Waals surface area contributed by atoms with E-state index in [0.29, 0.717) is 24.2 Å². The maximum absolute atomic E-state index is 11.6. The molecule has 0 N–H and O–H groups in total. The van der Waals surface area contributed by atoms with Gasteiger partial charge in [-0.05, 0) is 11.1 Å². The second-order valence-electron chi connectivity index (χ2n) is 7.01. The molecule has 0 unspecified atom stereocenters. The van der Waals surface area contributed by atoms with Crippen molar-refractivity contribution in [1.82, 2.24) is 0 Å². The molecule has 0 aliphatic rings. The average molecular weight is 500 g/mol. The molecular weight excluding hydrogens is 473 g/mol. The Balaban J connectivity index is 0. The topological polar surface area (TPSA) is 110 Å². The minimum atomic E-state index is -0.611. The van der Waals surface area contributed by atoms with Gasteiger partial charge in [-0.1, -0.05) is 74.6 Å². The Hall–Kier alpha value is -2.15. The van der Waals surface area contributed by atoms with E-state index in [1.54, 1.807) is 49.2 Å². The molecule has 0 radical (unpaired) electrons. The summed E-state index contributed by atoms with van der Waals surface area (Å²) in [6.45, 7) is 5.21. The van der Waals surface area contributed by atoms with E-state index in [9.17, 15) is 14.4 Å². The SMILES string of the molecule is CC(C)(CN=Cc1ccccc1[O-])CN=Cc1ccccc1[O-].CS(C)=O.[Mn+3].[N-]=C=S. The normalized spacial score (nSPS) is 10.5. The third-order valence-electron chi connectivity index (χ3n) is 3.34. The molecule has 0 aliphatic carbocycles. The summed E-state index contributed by atoms with van der Waals surface area (Å²) in [7, 11) is -0.611. The molecule has 9 heteroatoms. The van der Waals surface area contributed by atoms with Crippen LogP contribution in [0.15, 0.2) is 58.5 Å². The van der Waals surface area contributed by atoms with Gasteiger partial charge in [-0.25, -0.2) is 0 Å². The van der Waals surface area contributed by atoms with E-state index in [1.165, 1.54) is 17.3 Å². The minimum Gasteiger partial charge on any atom is -0.872 e. The first-order valence-corrected chi connectivity index (χ1v) is 11.3. The molecular formula is C22H26MnN3O3S2. The molecule has 0 aliphatic heterocycles. The van der Waals surface area contributed by atoms with Crippen LogP contribution in [-0.4, -0.2) is 47.4 Å². The van der Waals surface area contributed by atoms with Crippen molar-refractivity contribution in [2.24, 2.45) is 15.4 Å². The van der Waals surface area contributed by atoms with Gasteiger partial charge in [-0.2, -0.15) is 5.16 Å². The summed E-state index contributed by atoms with van der Waals surface area (Å²) in [5.74, 6) is -0.0572. The molecule has 0 saturated heterocycles. The number of aliphatic imine (C=N–C) groups is 2. The van der Waals surface area contributed by atoms with Crippen molar-refractivity contribution >= 4 is 40.6 Å². The number of para-hydroxylation sites is 2. The molecule has 166 valence electrons. The van der Waals surface area contributed by atoms with E-state index in [1.807, 2.05) is 26.0 Å². The number of rotatable bonds is 6. The van der Waals surface area contributed by atoms with Crippen LogP contribution in [0.4, 0.5) is 0 Å². The molecule has 2 aromatic rings. The molecule has 0 aromatic heterocycles. The Labute approximate surface area is 203 Å². The van der Waals surface area contributed by atoms with Crippen molar-refractivity contribution in [2.75, 3.05) is 25.6 Å². The Kier molecular flexibility index (Phi) is 17.5. The van der Waals surface area contributed by atoms with Crippen LogP contribution in [0.2, 0.25) is 0 Å². The standard InChI is InChI=1S/C19H22N2O2.C2H6OS.CNS.Mn/c1-19(2,13-20-11-15-7-3-5-9-17(15)22)14-21-12-16-8-4-6-10-18(16)23;1-4(2)3;2-1-3;/h3-12,22-23H,13-14H2,1-2H3;1-2H3;;/q;;-1;+3/p-2. The summed E-state index contributed by atoms with van der Waals surface area (Å²) < 4.78 is 9.56. The van der Waals surface area contributed by atoms with Crippen molar-refractivity contribution in [3.8, 4) is 11.5 Å². The maximum atomic E-state index is 11.6. The molecule has 31 heavy (non-hydrogen) atoms. The van der Waals surface area contributed by atoms with Crippen LogP contribution in [0.5, 0.6) is 11.5 Å². The minimum absolute atomic E-state index is 0. The van der Waals surface area contributed by atoms with Crippen molar-refractivity contribution < 1.29 is 31.5 Å². The first-order chi connectivity index (χ1) is 14.1. The first-order valence-electron chi connectivity index (χ1n) is 8.91. The van der Waals surface area contributed by atoms with Crippen molar-refractivity contribution in [2.45, 2.75) is 13.8 Å². The smallest absolute Gasteiger partial charge is 0.872 e. The van der Waals surface area contributed by atoms with E-state index in [-0.39, 0.29) is 34.0 Å². The predicted molar refractivity (Wildman–Crippen MR) is 126 cm³/mol. The number of hydrogen-bond donors (Lipinski definition) is 0. The van der Waals surface area contributed by atoms with E-state index in [4.69, 9.17) is 5.41 Å².